The van der Waals surface area contributed by atoms with E-state index in [1.807, 2.05) is 30.3 Å². The molecule has 0 aliphatic rings. The molecule has 0 spiro atoms. The number of hydrogen-bond acceptors (Lipinski definition) is 2. The third-order valence-corrected chi connectivity index (χ3v) is 5.00. The molecule has 0 saturated heterocycles. The standard InChI is InChI=1S/C22H13BrCl2FNO/c23-17-7-5-14(6-8-17)13-28-22-19(24)10-15(11-20(22)25)9-16(12-27)18-3-1-2-4-21(18)26/h1-11H,13H2. The molecule has 28 heavy (non-hydrogen) atoms. The summed E-state index contributed by atoms with van der Waals surface area (Å²) in [6.45, 7) is 0.306. The molecule has 2 nitrogen and oxygen atoms in total. The molecule has 0 N–H and O–H groups in total. The summed E-state index contributed by atoms with van der Waals surface area (Å²) in [4.78, 5) is 0. The van der Waals surface area contributed by atoms with Gasteiger partial charge in [-0.2, -0.15) is 5.26 Å². The summed E-state index contributed by atoms with van der Waals surface area (Å²) in [6, 6.07) is 19.0. The van der Waals surface area contributed by atoms with Gasteiger partial charge < -0.3 is 4.74 Å². The zero-order valence-corrected chi connectivity index (χ0v) is 17.5. The SMILES string of the molecule is N#CC(=Cc1cc(Cl)c(OCc2ccc(Br)cc2)c(Cl)c1)c1ccccc1F. The number of nitrogens with zero attached hydrogens (tertiary/aromatic N) is 1. The number of ether oxygens (including phenoxy) is 1. The lowest BCUT2D eigenvalue weighted by Gasteiger charge is -2.11. The van der Waals surface area contributed by atoms with Gasteiger partial charge in [0.1, 0.15) is 12.4 Å². The Kier molecular flexibility index (Phi) is 6.74. The highest BCUT2D eigenvalue weighted by molar-refractivity contribution is 9.10. The second-order valence-corrected chi connectivity index (χ2v) is 7.61. The van der Waals surface area contributed by atoms with Crippen LogP contribution in [0.5, 0.6) is 5.75 Å². The average molecular weight is 477 g/mol. The minimum Gasteiger partial charge on any atom is -0.486 e. The van der Waals surface area contributed by atoms with Crippen molar-refractivity contribution in [1.29, 1.82) is 5.26 Å². The second kappa shape index (κ2) is 9.25. The van der Waals surface area contributed by atoms with Gasteiger partial charge >= 0.3 is 0 Å². The van der Waals surface area contributed by atoms with Crippen LogP contribution in [0.15, 0.2) is 65.1 Å². The quantitative estimate of drug-likeness (QED) is 0.281. The highest BCUT2D eigenvalue weighted by atomic mass is 79.9. The highest BCUT2D eigenvalue weighted by Crippen LogP contribution is 2.36. The highest BCUT2D eigenvalue weighted by Gasteiger charge is 2.12. The number of nitriles is 1. The molecule has 0 aliphatic heterocycles. The van der Waals surface area contributed by atoms with E-state index in [4.69, 9.17) is 27.9 Å². The summed E-state index contributed by atoms with van der Waals surface area (Å²) < 4.78 is 20.7. The lowest BCUT2D eigenvalue weighted by molar-refractivity contribution is 0.306. The Labute approximate surface area is 180 Å². The molecule has 0 bridgehead atoms. The summed E-state index contributed by atoms with van der Waals surface area (Å²) in [5.74, 6) is -0.116. The maximum absolute atomic E-state index is 14.0. The first-order valence-corrected chi connectivity index (χ1v) is 9.76. The third kappa shape index (κ3) is 4.94. The Balaban J connectivity index is 1.86. The van der Waals surface area contributed by atoms with Crippen molar-refractivity contribution in [3.05, 3.63) is 97.7 Å². The number of halogens is 4. The maximum atomic E-state index is 14.0. The van der Waals surface area contributed by atoms with Gasteiger partial charge in [-0.1, -0.05) is 69.5 Å². The molecule has 3 aromatic rings. The molecule has 140 valence electrons. The van der Waals surface area contributed by atoms with Crippen LogP contribution < -0.4 is 4.74 Å². The van der Waals surface area contributed by atoms with Gasteiger partial charge in [-0.3, -0.25) is 0 Å². The van der Waals surface area contributed by atoms with Crippen LogP contribution in [-0.4, -0.2) is 0 Å². The van der Waals surface area contributed by atoms with E-state index in [1.165, 1.54) is 12.1 Å². The summed E-state index contributed by atoms with van der Waals surface area (Å²) in [7, 11) is 0. The minimum atomic E-state index is -0.470. The smallest absolute Gasteiger partial charge is 0.157 e. The van der Waals surface area contributed by atoms with E-state index in [9.17, 15) is 9.65 Å². The fourth-order valence-electron chi connectivity index (χ4n) is 2.55. The molecule has 0 atom stereocenters. The van der Waals surface area contributed by atoms with Crippen LogP contribution in [0.2, 0.25) is 10.0 Å². The van der Waals surface area contributed by atoms with Crippen molar-refractivity contribution in [3.63, 3.8) is 0 Å². The van der Waals surface area contributed by atoms with Gasteiger partial charge in [0, 0.05) is 10.0 Å². The molecule has 3 rings (SSSR count). The van der Waals surface area contributed by atoms with E-state index in [2.05, 4.69) is 15.9 Å². The molecule has 0 unspecified atom stereocenters. The Morgan fingerprint density at radius 2 is 1.71 bits per heavy atom. The van der Waals surface area contributed by atoms with Crippen molar-refractivity contribution in [2.24, 2.45) is 0 Å². The first-order chi connectivity index (χ1) is 13.5. The third-order valence-electron chi connectivity index (χ3n) is 3.91. The molecular weight excluding hydrogens is 464 g/mol. The molecule has 6 heteroatoms. The predicted molar refractivity (Wildman–Crippen MR) is 115 cm³/mol. The molecule has 0 saturated carbocycles. The van der Waals surface area contributed by atoms with Crippen molar-refractivity contribution in [3.8, 4) is 11.8 Å². The molecule has 3 aromatic carbocycles. The number of rotatable bonds is 5. The van der Waals surface area contributed by atoms with Gasteiger partial charge in [-0.15, -0.1) is 0 Å². The number of hydrogen-bond donors (Lipinski definition) is 0. The van der Waals surface area contributed by atoms with E-state index in [0.717, 1.165) is 10.0 Å². The average Bonchev–Trinajstić information content (AvgIpc) is 2.67. The second-order valence-electron chi connectivity index (χ2n) is 5.88. The molecule has 0 aromatic heterocycles. The van der Waals surface area contributed by atoms with Crippen LogP contribution in [0.25, 0.3) is 11.6 Å². The summed E-state index contributed by atoms with van der Waals surface area (Å²) in [5, 5.41) is 10.0. The zero-order valence-electron chi connectivity index (χ0n) is 14.4. The molecular formula is C22H13BrCl2FNO. The van der Waals surface area contributed by atoms with E-state index in [0.29, 0.717) is 28.0 Å². The van der Waals surface area contributed by atoms with Crippen LogP contribution in [0.1, 0.15) is 16.7 Å². The molecule has 0 radical (unpaired) electrons. The first-order valence-electron chi connectivity index (χ1n) is 8.21. The van der Waals surface area contributed by atoms with Crippen molar-refractivity contribution in [1.82, 2.24) is 0 Å². The van der Waals surface area contributed by atoms with Crippen molar-refractivity contribution >= 4 is 50.8 Å². The minimum absolute atomic E-state index is 0.175. The Hall–Kier alpha value is -2.32. The van der Waals surface area contributed by atoms with E-state index < -0.39 is 5.82 Å². The zero-order chi connectivity index (χ0) is 20.1. The lowest BCUT2D eigenvalue weighted by atomic mass is 10.0. The van der Waals surface area contributed by atoms with E-state index in [1.54, 1.807) is 30.3 Å². The normalized spacial score (nSPS) is 11.2. The van der Waals surface area contributed by atoms with Gasteiger partial charge in [-0.25, -0.2) is 4.39 Å². The molecule has 0 amide bonds. The number of benzene rings is 3. The topological polar surface area (TPSA) is 33.0 Å². The summed E-state index contributed by atoms with van der Waals surface area (Å²) in [6.07, 6.45) is 1.54. The summed E-state index contributed by atoms with van der Waals surface area (Å²) >= 11 is 16.0. The van der Waals surface area contributed by atoms with Crippen molar-refractivity contribution in [2.45, 2.75) is 6.61 Å². The Bertz CT molecular complexity index is 1050. The molecule has 0 fully saturated rings. The van der Waals surface area contributed by atoms with Crippen molar-refractivity contribution < 1.29 is 9.13 Å². The Morgan fingerprint density at radius 3 is 2.32 bits per heavy atom. The van der Waals surface area contributed by atoms with Gasteiger partial charge in [0.25, 0.3) is 0 Å². The predicted octanol–water partition coefficient (Wildman–Crippen LogP) is 7.54. The van der Waals surface area contributed by atoms with Gasteiger partial charge in [0.05, 0.1) is 21.7 Å². The van der Waals surface area contributed by atoms with Crippen LogP contribution in [0.4, 0.5) is 4.39 Å². The molecule has 0 aliphatic carbocycles. The van der Waals surface area contributed by atoms with Crippen LogP contribution in [-0.2, 0) is 6.61 Å². The fraction of sp³-hybridized carbons (Fsp3) is 0.0455. The van der Waals surface area contributed by atoms with Crippen molar-refractivity contribution in [2.75, 3.05) is 0 Å². The lowest BCUT2D eigenvalue weighted by Crippen LogP contribution is -1.97. The number of allylic oxidation sites excluding steroid dienone is 1. The van der Waals surface area contributed by atoms with Crippen LogP contribution >= 0.6 is 39.1 Å². The van der Waals surface area contributed by atoms with Crippen LogP contribution in [0, 0.1) is 17.1 Å². The Morgan fingerprint density at radius 1 is 1.07 bits per heavy atom. The maximum Gasteiger partial charge on any atom is 0.157 e. The summed E-state index contributed by atoms with van der Waals surface area (Å²) in [5.41, 5.74) is 1.93. The van der Waals surface area contributed by atoms with Gasteiger partial charge in [-0.05, 0) is 47.5 Å². The fourth-order valence-corrected chi connectivity index (χ4v) is 3.43. The largest absolute Gasteiger partial charge is 0.486 e. The monoisotopic (exact) mass is 475 g/mol. The van der Waals surface area contributed by atoms with Gasteiger partial charge in [0.2, 0.25) is 0 Å². The molecule has 0 heterocycles. The van der Waals surface area contributed by atoms with Gasteiger partial charge in [0.15, 0.2) is 5.75 Å². The van der Waals surface area contributed by atoms with E-state index >= 15 is 0 Å². The van der Waals surface area contributed by atoms with E-state index in [-0.39, 0.29) is 11.1 Å². The first kappa shape index (κ1) is 20.4. The van der Waals surface area contributed by atoms with Crippen LogP contribution in [0.3, 0.4) is 0 Å².